The van der Waals surface area contributed by atoms with E-state index < -0.39 is 0 Å². The Morgan fingerprint density at radius 1 is 0.786 bits per heavy atom. The highest BCUT2D eigenvalue weighted by molar-refractivity contribution is 6.54. The second-order valence-electron chi connectivity index (χ2n) is 3.99. The lowest BCUT2D eigenvalue weighted by Crippen LogP contribution is -2.29. The lowest BCUT2D eigenvalue weighted by Gasteiger charge is -2.09. The van der Waals surface area contributed by atoms with Gasteiger partial charge in [-0.25, -0.2) is 0 Å². The van der Waals surface area contributed by atoms with Crippen molar-refractivity contribution in [3.05, 3.63) is 36.4 Å². The maximum absolute atomic E-state index is 3.11. The van der Waals surface area contributed by atoms with Crippen molar-refractivity contribution in [1.82, 2.24) is 5.32 Å². The molecular formula is C12H22AlN. The van der Waals surface area contributed by atoms with Crippen molar-refractivity contribution in [2.75, 3.05) is 13.1 Å². The predicted molar refractivity (Wildman–Crippen MR) is 67.3 cm³/mol. The Hall–Kier alpha value is -0.288. The van der Waals surface area contributed by atoms with Crippen LogP contribution in [0.4, 0.5) is 0 Å². The quantitative estimate of drug-likeness (QED) is 0.645. The third kappa shape index (κ3) is 14.2. The predicted octanol–water partition coefficient (Wildman–Crippen LogP) is 3.04. The van der Waals surface area contributed by atoms with Gasteiger partial charge in [0, 0.05) is 0 Å². The van der Waals surface area contributed by atoms with Crippen molar-refractivity contribution in [2.24, 2.45) is 0 Å². The average Bonchev–Trinajstić information content (AvgIpc) is 2.03. The topological polar surface area (TPSA) is 12.0 Å². The second-order valence-corrected chi connectivity index (χ2v) is 7.45. The molecule has 1 fully saturated rings. The number of nitrogens with one attached hydrogen (secondary N) is 1. The molecule has 0 amide bonds. The van der Waals surface area contributed by atoms with Gasteiger partial charge in [-0.15, -0.1) is 17.4 Å². The van der Waals surface area contributed by atoms with Crippen LogP contribution in [0.3, 0.4) is 0 Å². The summed E-state index contributed by atoms with van der Waals surface area (Å²) in [6, 6.07) is 12.0. The number of hydrogen-bond donors (Lipinski definition) is 1. The molecule has 2 rings (SSSR count). The van der Waals surface area contributed by atoms with E-state index in [1.807, 2.05) is 36.4 Å². The smallest absolute Gasteiger partial charge is 0.251 e. The summed E-state index contributed by atoms with van der Waals surface area (Å²) in [5, 5.41) is 3.11. The van der Waals surface area contributed by atoms with Gasteiger partial charge in [0.05, 0.1) is 0 Å². The summed E-state index contributed by atoms with van der Waals surface area (Å²) in [6.45, 7) is 2.50. The highest BCUT2D eigenvalue weighted by Crippen LogP contribution is 1.80. The van der Waals surface area contributed by atoms with Gasteiger partial charge in [-0.1, -0.05) is 36.4 Å². The summed E-state index contributed by atoms with van der Waals surface area (Å²) in [7, 11) is 0. The minimum Gasteiger partial charge on any atom is -0.317 e. The minimum absolute atomic E-state index is 0.139. The number of rotatable bonds is 0. The monoisotopic (exact) mass is 207 g/mol. The lowest BCUT2D eigenvalue weighted by molar-refractivity contribution is 0.527. The van der Waals surface area contributed by atoms with Crippen LogP contribution in [-0.4, -0.2) is 27.2 Å². The fourth-order valence-electron chi connectivity index (χ4n) is 0.562. The summed E-state index contributed by atoms with van der Waals surface area (Å²) in [4.78, 5) is 0. The number of hydrogen-bond acceptors (Lipinski definition) is 1. The molecule has 0 bridgehead atoms. The Morgan fingerprint density at radius 3 is 1.00 bits per heavy atom. The lowest BCUT2D eigenvalue weighted by atomic mass is 10.3. The Bertz CT molecular complexity index is 149. The molecule has 1 saturated heterocycles. The molecule has 0 radical (unpaired) electrons. The maximum Gasteiger partial charge on any atom is 0.251 e. The molecule has 0 aliphatic carbocycles. The van der Waals surface area contributed by atoms with Crippen LogP contribution in [0.2, 0.25) is 17.4 Å². The van der Waals surface area contributed by atoms with Crippen molar-refractivity contribution < 1.29 is 0 Å². The van der Waals surface area contributed by atoms with Crippen molar-refractivity contribution in [3.8, 4) is 0 Å². The van der Waals surface area contributed by atoms with Gasteiger partial charge in [0.1, 0.15) is 0 Å². The van der Waals surface area contributed by atoms with Crippen LogP contribution < -0.4 is 5.32 Å². The summed E-state index contributed by atoms with van der Waals surface area (Å²) >= 11 is -0.139. The first-order valence-corrected chi connectivity index (χ1v) is 8.90. The SMILES string of the molecule is C1CNC1.[CH3][Al]([CH3])[CH3].c1ccccc1. The van der Waals surface area contributed by atoms with E-state index in [9.17, 15) is 0 Å². The van der Waals surface area contributed by atoms with Crippen LogP contribution in [-0.2, 0) is 0 Å². The summed E-state index contributed by atoms with van der Waals surface area (Å²) in [5.41, 5.74) is 0. The molecule has 0 unspecified atom stereocenters. The largest absolute Gasteiger partial charge is 0.317 e. The zero-order chi connectivity index (χ0) is 10.6. The fraction of sp³-hybridized carbons (Fsp3) is 0.500. The number of benzene rings is 1. The van der Waals surface area contributed by atoms with Gasteiger partial charge in [0.2, 0.25) is 0 Å². The molecule has 1 aromatic rings. The average molecular weight is 207 g/mol. The Labute approximate surface area is 92.9 Å². The zero-order valence-corrected chi connectivity index (χ0v) is 10.8. The van der Waals surface area contributed by atoms with Gasteiger partial charge in [-0.3, -0.25) is 0 Å². The summed E-state index contributed by atoms with van der Waals surface area (Å²) < 4.78 is 0. The van der Waals surface area contributed by atoms with Crippen LogP contribution in [0, 0.1) is 0 Å². The molecule has 78 valence electrons. The molecule has 1 heterocycles. The fourth-order valence-corrected chi connectivity index (χ4v) is 0.562. The highest BCUT2D eigenvalue weighted by Gasteiger charge is 1.92. The Balaban J connectivity index is 0.000000188. The molecule has 1 N–H and O–H groups in total. The van der Waals surface area contributed by atoms with Crippen LogP contribution in [0.1, 0.15) is 6.42 Å². The normalized spacial score (nSPS) is 12.2. The van der Waals surface area contributed by atoms with Crippen LogP contribution in [0.25, 0.3) is 0 Å². The van der Waals surface area contributed by atoms with Crippen LogP contribution in [0.5, 0.6) is 0 Å². The third-order valence-corrected chi connectivity index (χ3v) is 1.37. The second kappa shape index (κ2) is 10.8. The van der Waals surface area contributed by atoms with E-state index in [1.54, 1.807) is 0 Å². The van der Waals surface area contributed by atoms with Gasteiger partial charge in [-0.2, -0.15) is 0 Å². The summed E-state index contributed by atoms with van der Waals surface area (Å²) in [5.74, 6) is 6.92. The van der Waals surface area contributed by atoms with E-state index in [0.29, 0.717) is 0 Å². The van der Waals surface area contributed by atoms with Crippen LogP contribution in [0.15, 0.2) is 36.4 Å². The molecule has 0 spiro atoms. The van der Waals surface area contributed by atoms with Gasteiger partial charge in [0.15, 0.2) is 0 Å². The first-order chi connectivity index (χ1) is 6.73. The highest BCUT2D eigenvalue weighted by atomic mass is 27.2. The molecular weight excluding hydrogens is 185 g/mol. The van der Waals surface area contributed by atoms with Gasteiger partial charge in [-0.05, 0) is 19.5 Å². The van der Waals surface area contributed by atoms with Gasteiger partial charge in [0.25, 0.3) is 14.1 Å². The van der Waals surface area contributed by atoms with Gasteiger partial charge >= 0.3 is 0 Å². The van der Waals surface area contributed by atoms with Crippen LogP contribution >= 0.6 is 0 Å². The van der Waals surface area contributed by atoms with E-state index in [1.165, 1.54) is 19.5 Å². The minimum atomic E-state index is -0.139. The molecule has 0 atom stereocenters. The maximum atomic E-state index is 3.11. The van der Waals surface area contributed by atoms with Crippen molar-refractivity contribution in [1.29, 1.82) is 0 Å². The molecule has 0 aromatic heterocycles. The third-order valence-electron chi connectivity index (χ3n) is 1.37. The molecule has 0 saturated carbocycles. The van der Waals surface area contributed by atoms with E-state index in [0.717, 1.165) is 0 Å². The van der Waals surface area contributed by atoms with E-state index in [4.69, 9.17) is 0 Å². The van der Waals surface area contributed by atoms with Gasteiger partial charge < -0.3 is 5.32 Å². The molecule has 1 nitrogen and oxygen atoms in total. The molecule has 14 heavy (non-hydrogen) atoms. The standard InChI is InChI=1S/C6H6.C3H7N.3CH3.Al/c1-2-4-6-5-3-1;1-2-4-3-1;;;;/h1-6H;4H,1-3H2;3*1H3;. The molecule has 1 aliphatic heterocycles. The summed E-state index contributed by atoms with van der Waals surface area (Å²) in [6.07, 6.45) is 1.39. The first kappa shape index (κ1) is 13.7. The Morgan fingerprint density at radius 2 is 0.929 bits per heavy atom. The van der Waals surface area contributed by atoms with Crippen molar-refractivity contribution in [2.45, 2.75) is 23.8 Å². The van der Waals surface area contributed by atoms with E-state index >= 15 is 0 Å². The molecule has 2 heteroatoms. The van der Waals surface area contributed by atoms with Crippen molar-refractivity contribution in [3.63, 3.8) is 0 Å². The zero-order valence-electron chi connectivity index (χ0n) is 9.66. The first-order valence-electron chi connectivity index (χ1n) is 5.44. The Kier molecular flexibility index (Phi) is 10.6. The van der Waals surface area contributed by atoms with Crippen molar-refractivity contribution >= 4 is 14.1 Å². The molecule has 1 aliphatic rings. The van der Waals surface area contributed by atoms with E-state index in [-0.39, 0.29) is 14.1 Å². The van der Waals surface area contributed by atoms with E-state index in [2.05, 4.69) is 22.7 Å². The molecule has 1 aromatic carbocycles.